The zero-order chi connectivity index (χ0) is 55.0. The van der Waals surface area contributed by atoms with Gasteiger partial charge in [0.2, 0.25) is 5.91 Å². The molecule has 0 aromatic rings. The van der Waals surface area contributed by atoms with E-state index in [0.717, 1.165) is 38.5 Å². The van der Waals surface area contributed by atoms with E-state index >= 15 is 0 Å². The van der Waals surface area contributed by atoms with Gasteiger partial charge in [-0.2, -0.15) is 0 Å². The zero-order valence-corrected chi connectivity index (χ0v) is 51.5. The molecule has 0 heterocycles. The molecule has 6 nitrogen and oxygen atoms in total. The number of allylic oxidation sites excluding steroid dienone is 3. The molecule has 0 fully saturated rings. The number of unbranched alkanes of at least 4 members (excludes halogenated alkanes) is 52. The van der Waals surface area contributed by atoms with Gasteiger partial charge in [0.1, 0.15) is 0 Å². The molecule has 2 unspecified atom stereocenters. The molecule has 0 saturated heterocycles. The SMILES string of the molecule is CCCCCCCCCCCCC/C=C/C(O)C(CO)NC(=O)CCCCCCCCCCCCCC/C=C\CCCCCCCCCCCCCCOC(=O)CCCCCCCCCCCCCCCCCCCC. The summed E-state index contributed by atoms with van der Waals surface area (Å²) in [5, 5.41) is 23.1. The largest absolute Gasteiger partial charge is 0.466 e. The number of ether oxygens (including phenoxy) is 1. The molecule has 76 heavy (non-hydrogen) atoms. The van der Waals surface area contributed by atoms with Gasteiger partial charge in [0.15, 0.2) is 0 Å². The van der Waals surface area contributed by atoms with E-state index in [1.165, 1.54) is 321 Å². The molecular formula is C70H135NO5. The van der Waals surface area contributed by atoms with Crippen LogP contribution in [0.5, 0.6) is 0 Å². The monoisotopic (exact) mass is 1070 g/mol. The maximum atomic E-state index is 12.5. The smallest absolute Gasteiger partial charge is 0.305 e. The topological polar surface area (TPSA) is 95.9 Å². The predicted octanol–water partition coefficient (Wildman–Crippen LogP) is 22.1. The van der Waals surface area contributed by atoms with E-state index < -0.39 is 12.1 Å². The second-order valence-electron chi connectivity index (χ2n) is 23.9. The van der Waals surface area contributed by atoms with Crippen LogP contribution in [0.3, 0.4) is 0 Å². The van der Waals surface area contributed by atoms with Crippen LogP contribution in [0, 0.1) is 0 Å². The van der Waals surface area contributed by atoms with Crippen molar-refractivity contribution in [1.29, 1.82) is 0 Å². The number of rotatable bonds is 65. The van der Waals surface area contributed by atoms with Gasteiger partial charge in [-0.3, -0.25) is 9.59 Å². The van der Waals surface area contributed by atoms with Gasteiger partial charge in [-0.05, 0) is 57.8 Å². The maximum Gasteiger partial charge on any atom is 0.305 e. The number of carbonyl (C=O) groups excluding carboxylic acids is 2. The molecule has 0 aliphatic carbocycles. The summed E-state index contributed by atoms with van der Waals surface area (Å²) in [7, 11) is 0. The van der Waals surface area contributed by atoms with E-state index in [1.807, 2.05) is 6.08 Å². The molecular weight excluding hydrogens is 935 g/mol. The van der Waals surface area contributed by atoms with Gasteiger partial charge >= 0.3 is 5.97 Å². The van der Waals surface area contributed by atoms with Crippen molar-refractivity contribution in [3.05, 3.63) is 24.3 Å². The highest BCUT2D eigenvalue weighted by molar-refractivity contribution is 5.76. The quantitative estimate of drug-likeness (QED) is 0.0320. The average molecular weight is 1070 g/mol. The summed E-state index contributed by atoms with van der Waals surface area (Å²) >= 11 is 0. The van der Waals surface area contributed by atoms with Crippen molar-refractivity contribution in [2.24, 2.45) is 0 Å². The second-order valence-corrected chi connectivity index (χ2v) is 23.9. The van der Waals surface area contributed by atoms with Gasteiger partial charge in [-0.15, -0.1) is 0 Å². The molecule has 0 aromatic heterocycles. The summed E-state index contributed by atoms with van der Waals surface area (Å²) < 4.78 is 5.51. The van der Waals surface area contributed by atoms with Crippen LogP contribution in [0.1, 0.15) is 386 Å². The number of amides is 1. The Morgan fingerprint density at radius 1 is 0.355 bits per heavy atom. The minimum Gasteiger partial charge on any atom is -0.466 e. The molecule has 0 aromatic carbocycles. The summed E-state index contributed by atoms with van der Waals surface area (Å²) in [5.41, 5.74) is 0. The van der Waals surface area contributed by atoms with Crippen molar-refractivity contribution in [2.75, 3.05) is 13.2 Å². The minimum atomic E-state index is -0.843. The lowest BCUT2D eigenvalue weighted by Gasteiger charge is -2.20. The van der Waals surface area contributed by atoms with Crippen molar-refractivity contribution < 1.29 is 24.5 Å². The lowest BCUT2D eigenvalue weighted by molar-refractivity contribution is -0.143. The van der Waals surface area contributed by atoms with Gasteiger partial charge in [-0.25, -0.2) is 0 Å². The van der Waals surface area contributed by atoms with Gasteiger partial charge in [0.25, 0.3) is 0 Å². The number of carbonyl (C=O) groups is 2. The Labute approximate surface area is 475 Å². The Morgan fingerprint density at radius 2 is 0.618 bits per heavy atom. The van der Waals surface area contributed by atoms with Crippen LogP contribution in [0.4, 0.5) is 0 Å². The minimum absolute atomic E-state index is 0.0204. The van der Waals surface area contributed by atoms with E-state index in [9.17, 15) is 19.8 Å². The third kappa shape index (κ3) is 61.6. The molecule has 2 atom stereocenters. The summed E-state index contributed by atoms with van der Waals surface area (Å²) in [6.07, 6.45) is 82.6. The molecule has 0 aliphatic heterocycles. The van der Waals surface area contributed by atoms with Gasteiger partial charge in [-0.1, -0.05) is 340 Å². The highest BCUT2D eigenvalue weighted by Crippen LogP contribution is 2.18. The van der Waals surface area contributed by atoms with E-state index in [4.69, 9.17) is 4.74 Å². The van der Waals surface area contributed by atoms with E-state index in [2.05, 4.69) is 31.3 Å². The van der Waals surface area contributed by atoms with Crippen LogP contribution in [0.2, 0.25) is 0 Å². The number of esters is 1. The van der Waals surface area contributed by atoms with Crippen molar-refractivity contribution >= 4 is 11.9 Å². The molecule has 0 saturated carbocycles. The predicted molar refractivity (Wildman–Crippen MR) is 333 cm³/mol. The third-order valence-corrected chi connectivity index (χ3v) is 16.2. The number of nitrogens with one attached hydrogen (secondary N) is 1. The highest BCUT2D eigenvalue weighted by Gasteiger charge is 2.18. The second kappa shape index (κ2) is 65.9. The van der Waals surface area contributed by atoms with Crippen LogP contribution in [0.25, 0.3) is 0 Å². The third-order valence-electron chi connectivity index (χ3n) is 16.2. The van der Waals surface area contributed by atoms with Crippen molar-refractivity contribution in [2.45, 2.75) is 398 Å². The van der Waals surface area contributed by atoms with Crippen LogP contribution in [0.15, 0.2) is 24.3 Å². The fourth-order valence-corrected chi connectivity index (χ4v) is 10.9. The Kier molecular flexibility index (Phi) is 64.4. The lowest BCUT2D eigenvalue weighted by atomic mass is 10.0. The highest BCUT2D eigenvalue weighted by atomic mass is 16.5. The molecule has 0 bridgehead atoms. The Bertz CT molecular complexity index is 1190. The summed E-state index contributed by atoms with van der Waals surface area (Å²) in [6, 6.07) is -0.627. The Balaban J connectivity index is 3.36. The van der Waals surface area contributed by atoms with Crippen LogP contribution in [-0.2, 0) is 14.3 Å². The zero-order valence-electron chi connectivity index (χ0n) is 51.5. The molecule has 1 amide bonds. The van der Waals surface area contributed by atoms with Crippen LogP contribution in [-0.4, -0.2) is 47.4 Å². The van der Waals surface area contributed by atoms with E-state index in [1.54, 1.807) is 6.08 Å². The normalized spacial score (nSPS) is 12.6. The van der Waals surface area contributed by atoms with E-state index in [0.29, 0.717) is 19.4 Å². The van der Waals surface area contributed by atoms with Crippen molar-refractivity contribution in [3.8, 4) is 0 Å². The van der Waals surface area contributed by atoms with Gasteiger partial charge < -0.3 is 20.3 Å². The van der Waals surface area contributed by atoms with Crippen molar-refractivity contribution in [1.82, 2.24) is 5.32 Å². The number of aliphatic hydroxyl groups excluding tert-OH is 2. The molecule has 0 aliphatic rings. The molecule has 3 N–H and O–H groups in total. The first-order valence-electron chi connectivity index (χ1n) is 34.6. The summed E-state index contributed by atoms with van der Waals surface area (Å²) in [5.74, 6) is -0.0461. The summed E-state index contributed by atoms with van der Waals surface area (Å²) in [6.45, 7) is 4.93. The van der Waals surface area contributed by atoms with Gasteiger partial charge in [0, 0.05) is 12.8 Å². The first-order chi connectivity index (χ1) is 37.5. The van der Waals surface area contributed by atoms with Crippen LogP contribution < -0.4 is 5.32 Å². The Morgan fingerprint density at radius 3 is 0.934 bits per heavy atom. The van der Waals surface area contributed by atoms with Gasteiger partial charge in [0.05, 0.1) is 25.4 Å². The van der Waals surface area contributed by atoms with Crippen LogP contribution >= 0.6 is 0 Å². The maximum absolute atomic E-state index is 12.5. The molecule has 0 rings (SSSR count). The molecule has 0 radical (unpaired) electrons. The molecule has 0 spiro atoms. The fraction of sp³-hybridized carbons (Fsp3) is 0.914. The standard InChI is InChI=1S/C70H135NO5/c1-3-5-7-9-11-13-15-17-18-19-33-36-40-44-48-52-56-60-64-70(75)76-65-61-57-53-49-45-41-37-34-31-29-27-25-23-21-20-22-24-26-28-30-32-35-39-43-47-51-55-59-63-69(74)71-67(66-72)68(73)62-58-54-50-46-42-38-16-14-12-10-8-6-4-2/h20-21,58,62,67-68,72-73H,3-19,22-57,59-61,63-66H2,1-2H3,(H,71,74)/b21-20-,62-58+. The van der Waals surface area contributed by atoms with E-state index in [-0.39, 0.29) is 18.5 Å². The number of hydrogen-bond donors (Lipinski definition) is 3. The number of aliphatic hydroxyl groups is 2. The lowest BCUT2D eigenvalue weighted by Crippen LogP contribution is -2.45. The molecule has 6 heteroatoms. The molecule has 450 valence electrons. The van der Waals surface area contributed by atoms with Crippen molar-refractivity contribution in [3.63, 3.8) is 0 Å². The average Bonchev–Trinajstić information content (AvgIpc) is 3.42. The first-order valence-corrected chi connectivity index (χ1v) is 34.6. The number of hydrogen-bond acceptors (Lipinski definition) is 5. The summed E-state index contributed by atoms with van der Waals surface area (Å²) in [4.78, 5) is 24.6. The fourth-order valence-electron chi connectivity index (χ4n) is 10.9. The Hall–Kier alpha value is -1.66. The first kappa shape index (κ1) is 74.3.